The van der Waals surface area contributed by atoms with E-state index in [9.17, 15) is 30.6 Å². The lowest BCUT2D eigenvalue weighted by Crippen LogP contribution is -2.85. The van der Waals surface area contributed by atoms with E-state index in [1.54, 1.807) is 7.11 Å². The van der Waals surface area contributed by atoms with E-state index in [1.165, 1.54) is 21.3 Å². The van der Waals surface area contributed by atoms with Gasteiger partial charge < -0.3 is 54.5 Å². The SMILES string of the molecule is COC[C@]12CN(C)[C@@H]3[C@@H]4[C@H](OC)[C@H]1[C@@]3([C@@H](OC)C[C@H]2O)[C@]1(O)C[C@@]2(O)[C@H](O)[C@@H]1[C@]4(O)[C@@H](O)[C@@H]2OC. The fourth-order valence-corrected chi connectivity index (χ4v) is 10.9. The maximum absolute atomic E-state index is 12.9. The molecule has 1 spiro atoms. The molecule has 7 bridgehead atoms. The van der Waals surface area contributed by atoms with Crippen molar-refractivity contribution in [2.24, 2.45) is 28.6 Å². The van der Waals surface area contributed by atoms with Crippen molar-refractivity contribution in [2.45, 2.75) is 72.3 Å². The number of aliphatic hydroxyl groups is 6. The first-order chi connectivity index (χ1) is 16.4. The summed E-state index contributed by atoms with van der Waals surface area (Å²) in [5.74, 6) is -2.62. The molecule has 200 valence electrons. The molecule has 6 N–H and O–H groups in total. The lowest BCUT2D eigenvalue weighted by Gasteiger charge is -2.71. The Balaban J connectivity index is 1.72. The number of fused-ring (bicyclic) bond motifs is 2. The van der Waals surface area contributed by atoms with Gasteiger partial charge in [0.15, 0.2) is 0 Å². The fraction of sp³-hybridized carbons (Fsp3) is 1.00. The van der Waals surface area contributed by atoms with Crippen LogP contribution >= 0.6 is 0 Å². The number of rotatable bonds is 5. The molecule has 0 aromatic rings. The highest BCUT2D eigenvalue weighted by Gasteiger charge is 2.94. The maximum atomic E-state index is 12.9. The van der Waals surface area contributed by atoms with Crippen molar-refractivity contribution < 1.29 is 49.6 Å². The van der Waals surface area contributed by atoms with E-state index >= 15 is 0 Å². The maximum Gasteiger partial charge on any atom is 0.122 e. The summed E-state index contributed by atoms with van der Waals surface area (Å²) in [6.45, 7) is 0.592. The van der Waals surface area contributed by atoms with Crippen molar-refractivity contribution >= 4 is 0 Å². The van der Waals surface area contributed by atoms with Crippen molar-refractivity contribution in [3.63, 3.8) is 0 Å². The van der Waals surface area contributed by atoms with Gasteiger partial charge in [-0.05, 0) is 7.05 Å². The number of nitrogens with zero attached hydrogens (tertiary/aromatic N) is 1. The highest BCUT2D eigenvalue weighted by Crippen LogP contribution is 2.80. The number of aliphatic hydroxyl groups excluding tert-OH is 3. The highest BCUT2D eigenvalue weighted by atomic mass is 16.5. The molecule has 5 saturated carbocycles. The second-order valence-electron chi connectivity index (χ2n) is 12.1. The standard InChI is InChI=1S/C24H39NO10/c1-25-8-20(9-32-2)10(26)6-11(33-3)23-14(20)13(34-4)12(16(23)25)24(31)15-17(27)21(29,7-22(15,23)30)19(35-5)18(24)28/h10-19,26-31H,6-9H2,1-5H3/t10-,11+,12+,13+,14-,15+,16-,17-,18+,19+,20+,21-,22+,23-,24+/m1/s1. The van der Waals surface area contributed by atoms with E-state index in [0.29, 0.717) is 6.54 Å². The van der Waals surface area contributed by atoms with Gasteiger partial charge in [0, 0.05) is 82.5 Å². The summed E-state index contributed by atoms with van der Waals surface area (Å²) < 4.78 is 23.3. The van der Waals surface area contributed by atoms with E-state index in [4.69, 9.17) is 18.9 Å². The smallest absolute Gasteiger partial charge is 0.122 e. The van der Waals surface area contributed by atoms with E-state index < -0.39 is 88.1 Å². The Labute approximate surface area is 204 Å². The largest absolute Gasteiger partial charge is 0.392 e. The van der Waals surface area contributed by atoms with E-state index in [0.717, 1.165) is 0 Å². The zero-order valence-corrected chi connectivity index (χ0v) is 20.9. The third kappa shape index (κ3) is 2.19. The number of ether oxygens (including phenoxy) is 4. The average molecular weight is 502 g/mol. The number of likely N-dealkylation sites (tertiary alicyclic amines) is 1. The van der Waals surface area contributed by atoms with Crippen LogP contribution in [-0.2, 0) is 18.9 Å². The molecule has 6 fully saturated rings. The average Bonchev–Trinajstić information content (AvgIpc) is 3.16. The minimum absolute atomic E-state index is 0.176. The van der Waals surface area contributed by atoms with E-state index in [2.05, 4.69) is 0 Å². The molecule has 1 saturated heterocycles. The Morgan fingerprint density at radius 2 is 1.60 bits per heavy atom. The first-order valence-corrected chi connectivity index (χ1v) is 12.4. The second-order valence-corrected chi connectivity index (χ2v) is 12.1. The quantitative estimate of drug-likeness (QED) is 0.227. The monoisotopic (exact) mass is 501 g/mol. The number of piperidine rings is 1. The van der Waals surface area contributed by atoms with Gasteiger partial charge in [0.1, 0.15) is 23.4 Å². The molecular weight excluding hydrogens is 462 g/mol. The van der Waals surface area contributed by atoms with Gasteiger partial charge in [-0.2, -0.15) is 0 Å². The summed E-state index contributed by atoms with van der Waals surface area (Å²) in [5, 5.41) is 71.8. The van der Waals surface area contributed by atoms with Crippen LogP contribution in [0, 0.1) is 28.6 Å². The lowest BCUT2D eigenvalue weighted by molar-refractivity contribution is -0.353. The topological polar surface area (TPSA) is 162 Å². The molecule has 0 unspecified atom stereocenters. The molecule has 15 atom stereocenters. The molecule has 35 heavy (non-hydrogen) atoms. The van der Waals surface area contributed by atoms with Gasteiger partial charge in [0.2, 0.25) is 0 Å². The summed E-state index contributed by atoms with van der Waals surface area (Å²) in [5.41, 5.74) is -7.95. The van der Waals surface area contributed by atoms with E-state index in [1.807, 2.05) is 11.9 Å². The minimum atomic E-state index is -2.05. The first kappa shape index (κ1) is 24.9. The van der Waals surface area contributed by atoms with Crippen LogP contribution in [0.15, 0.2) is 0 Å². The van der Waals surface area contributed by atoms with Crippen molar-refractivity contribution in [2.75, 3.05) is 48.6 Å². The van der Waals surface area contributed by atoms with Gasteiger partial charge in [-0.25, -0.2) is 0 Å². The number of hydrogen-bond acceptors (Lipinski definition) is 11. The Kier molecular flexibility index (Phi) is 5.08. The second kappa shape index (κ2) is 7.15. The molecule has 0 aromatic heterocycles. The van der Waals surface area contributed by atoms with Crippen molar-refractivity contribution in [3.05, 3.63) is 0 Å². The Morgan fingerprint density at radius 3 is 2.17 bits per heavy atom. The molecule has 0 amide bonds. The van der Waals surface area contributed by atoms with Crippen LogP contribution in [0.25, 0.3) is 0 Å². The molecule has 11 nitrogen and oxygen atoms in total. The minimum Gasteiger partial charge on any atom is -0.392 e. The number of methoxy groups -OCH3 is 4. The van der Waals surface area contributed by atoms with Crippen LogP contribution in [0.5, 0.6) is 0 Å². The van der Waals surface area contributed by atoms with Gasteiger partial charge in [0.05, 0.1) is 36.6 Å². The zero-order chi connectivity index (χ0) is 25.5. The predicted molar refractivity (Wildman–Crippen MR) is 118 cm³/mol. The van der Waals surface area contributed by atoms with Crippen molar-refractivity contribution in [1.82, 2.24) is 4.90 Å². The number of hydrogen-bond donors (Lipinski definition) is 6. The van der Waals surface area contributed by atoms with Crippen molar-refractivity contribution in [1.29, 1.82) is 0 Å². The van der Waals surface area contributed by atoms with Gasteiger partial charge in [0.25, 0.3) is 0 Å². The normalized spacial score (nSPS) is 64.5. The van der Waals surface area contributed by atoms with Crippen LogP contribution in [-0.4, -0.2) is 144 Å². The van der Waals surface area contributed by atoms with Crippen LogP contribution in [0.3, 0.4) is 0 Å². The molecular formula is C24H39NO10. The van der Waals surface area contributed by atoms with E-state index in [-0.39, 0.29) is 19.4 Å². The van der Waals surface area contributed by atoms with Gasteiger partial charge in [-0.15, -0.1) is 0 Å². The van der Waals surface area contributed by atoms with Crippen LogP contribution in [0.2, 0.25) is 0 Å². The van der Waals surface area contributed by atoms with Gasteiger partial charge in [-0.1, -0.05) is 0 Å². The molecule has 5 aliphatic carbocycles. The molecule has 11 heteroatoms. The van der Waals surface area contributed by atoms with Crippen LogP contribution in [0.4, 0.5) is 0 Å². The lowest BCUT2D eigenvalue weighted by atomic mass is 9.41. The summed E-state index contributed by atoms with van der Waals surface area (Å²) in [4.78, 5) is 2.01. The third-order valence-electron chi connectivity index (χ3n) is 11.5. The fourth-order valence-electron chi connectivity index (χ4n) is 10.9. The predicted octanol–water partition coefficient (Wildman–Crippen LogP) is -3.06. The molecule has 0 aromatic carbocycles. The van der Waals surface area contributed by atoms with Crippen LogP contribution in [0.1, 0.15) is 12.8 Å². The Morgan fingerprint density at radius 1 is 0.914 bits per heavy atom. The summed E-state index contributed by atoms with van der Waals surface area (Å²) in [6.07, 6.45) is -6.85. The van der Waals surface area contributed by atoms with Crippen LogP contribution < -0.4 is 0 Å². The molecule has 6 rings (SSSR count). The van der Waals surface area contributed by atoms with Gasteiger partial charge in [-0.3, -0.25) is 0 Å². The molecule has 1 heterocycles. The molecule has 1 aliphatic heterocycles. The highest BCUT2D eigenvalue weighted by molar-refractivity contribution is 5.44. The zero-order valence-electron chi connectivity index (χ0n) is 20.9. The molecule has 0 radical (unpaired) electrons. The summed E-state index contributed by atoms with van der Waals surface area (Å²) in [7, 11) is 7.80. The Bertz CT molecular complexity index is 910. The van der Waals surface area contributed by atoms with Crippen molar-refractivity contribution in [3.8, 4) is 0 Å². The van der Waals surface area contributed by atoms with Gasteiger partial charge >= 0.3 is 0 Å². The Hall–Kier alpha value is -0.440. The third-order valence-corrected chi connectivity index (χ3v) is 11.5. The summed E-state index contributed by atoms with van der Waals surface area (Å²) in [6, 6.07) is -0.536. The first-order valence-electron chi connectivity index (χ1n) is 12.4. The molecule has 6 aliphatic rings. The summed E-state index contributed by atoms with van der Waals surface area (Å²) >= 11 is 0.